The van der Waals surface area contributed by atoms with E-state index in [1.54, 1.807) is 17.5 Å². The molecule has 0 spiro atoms. The number of carbonyl (C=O) groups is 1. The normalized spacial score (nSPS) is 10.9. The first-order valence-corrected chi connectivity index (χ1v) is 9.67. The monoisotopic (exact) mass is 395 g/mol. The van der Waals surface area contributed by atoms with Crippen molar-refractivity contribution in [3.63, 3.8) is 0 Å². The number of nitrogens with one attached hydrogen (secondary N) is 1. The van der Waals surface area contributed by atoms with Gasteiger partial charge in [0.05, 0.1) is 12.2 Å². The van der Waals surface area contributed by atoms with Crippen LogP contribution in [0.4, 0.5) is 4.39 Å². The maximum atomic E-state index is 12.9. The second kappa shape index (κ2) is 7.82. The Morgan fingerprint density at radius 2 is 2.00 bits per heavy atom. The van der Waals surface area contributed by atoms with Crippen LogP contribution in [0.25, 0.3) is 21.6 Å². The molecule has 0 bridgehead atoms. The molecule has 2 aromatic carbocycles. The average Bonchev–Trinajstić information content (AvgIpc) is 3.32. The highest BCUT2D eigenvalue weighted by atomic mass is 32.1. The molecule has 0 atom stereocenters. The van der Waals surface area contributed by atoms with Crippen molar-refractivity contribution in [3.05, 3.63) is 71.5 Å². The summed E-state index contributed by atoms with van der Waals surface area (Å²) in [5.74, 6) is -0.00237. The molecular formula is C21H18FN3O2S. The lowest BCUT2D eigenvalue weighted by Crippen LogP contribution is -2.28. The lowest BCUT2D eigenvalue weighted by atomic mass is 10.2. The van der Waals surface area contributed by atoms with Crippen LogP contribution in [0.3, 0.4) is 0 Å². The molecule has 0 aliphatic carbocycles. The van der Waals surface area contributed by atoms with Gasteiger partial charge < -0.3 is 14.6 Å². The van der Waals surface area contributed by atoms with Crippen LogP contribution in [-0.4, -0.2) is 28.6 Å². The number of aromatic nitrogens is 2. The number of amides is 1. The van der Waals surface area contributed by atoms with Gasteiger partial charge in [-0.3, -0.25) is 4.79 Å². The van der Waals surface area contributed by atoms with E-state index < -0.39 is 0 Å². The van der Waals surface area contributed by atoms with Crippen LogP contribution < -0.4 is 10.1 Å². The predicted molar refractivity (Wildman–Crippen MR) is 108 cm³/mol. The van der Waals surface area contributed by atoms with Gasteiger partial charge in [-0.25, -0.2) is 9.37 Å². The maximum absolute atomic E-state index is 12.9. The molecule has 0 radical (unpaired) electrons. The number of fused-ring (bicyclic) bond motifs is 1. The summed E-state index contributed by atoms with van der Waals surface area (Å²) in [4.78, 5) is 16.8. The van der Waals surface area contributed by atoms with Gasteiger partial charge in [0.2, 0.25) is 0 Å². The number of rotatable bonds is 6. The molecule has 4 aromatic rings. The Bertz CT molecular complexity index is 1120. The molecule has 0 aliphatic heterocycles. The SMILES string of the molecule is Cn1c(-c2nc(C(=O)NCCOc3ccc(F)cc3)cs2)cc2ccccc21. The zero-order valence-electron chi connectivity index (χ0n) is 15.2. The van der Waals surface area contributed by atoms with Crippen molar-refractivity contribution in [2.75, 3.05) is 13.2 Å². The van der Waals surface area contributed by atoms with Crippen molar-refractivity contribution >= 4 is 28.1 Å². The van der Waals surface area contributed by atoms with E-state index in [0.717, 1.165) is 21.6 Å². The first-order chi connectivity index (χ1) is 13.6. The van der Waals surface area contributed by atoms with E-state index in [4.69, 9.17) is 4.74 Å². The zero-order chi connectivity index (χ0) is 19.5. The molecule has 0 aliphatic rings. The van der Waals surface area contributed by atoms with Crippen molar-refractivity contribution in [1.29, 1.82) is 0 Å². The number of ether oxygens (including phenoxy) is 1. The minimum Gasteiger partial charge on any atom is -0.492 e. The van der Waals surface area contributed by atoms with E-state index in [1.165, 1.54) is 23.5 Å². The number of nitrogens with zero attached hydrogens (tertiary/aromatic N) is 2. The smallest absolute Gasteiger partial charge is 0.270 e. The topological polar surface area (TPSA) is 56.2 Å². The number of benzene rings is 2. The Morgan fingerprint density at radius 1 is 1.21 bits per heavy atom. The minimum absolute atomic E-state index is 0.246. The first kappa shape index (κ1) is 18.2. The van der Waals surface area contributed by atoms with E-state index in [9.17, 15) is 9.18 Å². The summed E-state index contributed by atoms with van der Waals surface area (Å²) in [6.07, 6.45) is 0. The van der Waals surface area contributed by atoms with Gasteiger partial charge in [-0.05, 0) is 36.4 Å². The van der Waals surface area contributed by atoms with Gasteiger partial charge in [-0.15, -0.1) is 11.3 Å². The van der Waals surface area contributed by atoms with Crippen LogP contribution in [-0.2, 0) is 7.05 Å². The van der Waals surface area contributed by atoms with Crippen molar-refractivity contribution in [2.24, 2.45) is 7.05 Å². The molecule has 4 rings (SSSR count). The molecule has 0 fully saturated rings. The second-order valence-electron chi connectivity index (χ2n) is 6.24. The molecule has 2 heterocycles. The van der Waals surface area contributed by atoms with Gasteiger partial charge in [0.15, 0.2) is 0 Å². The fourth-order valence-corrected chi connectivity index (χ4v) is 3.80. The summed E-state index contributed by atoms with van der Waals surface area (Å²) < 4.78 is 20.4. The number of hydrogen-bond donors (Lipinski definition) is 1. The first-order valence-electron chi connectivity index (χ1n) is 8.79. The number of hydrogen-bond acceptors (Lipinski definition) is 4. The van der Waals surface area contributed by atoms with Crippen molar-refractivity contribution in [1.82, 2.24) is 14.9 Å². The summed E-state index contributed by atoms with van der Waals surface area (Å²) >= 11 is 1.44. The van der Waals surface area contributed by atoms with Gasteiger partial charge in [0, 0.05) is 23.3 Å². The van der Waals surface area contributed by atoms with Crippen LogP contribution >= 0.6 is 11.3 Å². The van der Waals surface area contributed by atoms with Crippen LogP contribution in [0.1, 0.15) is 10.5 Å². The molecule has 28 heavy (non-hydrogen) atoms. The van der Waals surface area contributed by atoms with E-state index in [0.29, 0.717) is 18.0 Å². The fraction of sp³-hybridized carbons (Fsp3) is 0.143. The number of thiazole rings is 1. The lowest BCUT2D eigenvalue weighted by molar-refractivity contribution is 0.0943. The number of halogens is 1. The molecule has 7 heteroatoms. The highest BCUT2D eigenvalue weighted by molar-refractivity contribution is 7.13. The highest BCUT2D eigenvalue weighted by Crippen LogP contribution is 2.29. The third-order valence-corrected chi connectivity index (χ3v) is 5.24. The summed E-state index contributed by atoms with van der Waals surface area (Å²) in [7, 11) is 1.99. The molecule has 0 unspecified atom stereocenters. The standard InChI is InChI=1S/C21H18FN3O2S/c1-25-18-5-3-2-4-14(18)12-19(25)21-24-17(13-28-21)20(26)23-10-11-27-16-8-6-15(22)7-9-16/h2-9,12-13H,10-11H2,1H3,(H,23,26). The van der Waals surface area contributed by atoms with Gasteiger partial charge in [-0.2, -0.15) is 0 Å². The van der Waals surface area contributed by atoms with Crippen LogP contribution in [0.15, 0.2) is 60.0 Å². The molecule has 1 amide bonds. The highest BCUT2D eigenvalue weighted by Gasteiger charge is 2.15. The van der Waals surface area contributed by atoms with Gasteiger partial charge in [0.25, 0.3) is 5.91 Å². The number of carbonyl (C=O) groups excluding carboxylic acids is 1. The molecule has 142 valence electrons. The van der Waals surface area contributed by atoms with Crippen LogP contribution in [0.2, 0.25) is 0 Å². The van der Waals surface area contributed by atoms with E-state index in [-0.39, 0.29) is 18.3 Å². The molecule has 5 nitrogen and oxygen atoms in total. The zero-order valence-corrected chi connectivity index (χ0v) is 16.0. The molecule has 0 saturated carbocycles. The van der Waals surface area contributed by atoms with Gasteiger partial charge in [-0.1, -0.05) is 18.2 Å². The summed E-state index contributed by atoms with van der Waals surface area (Å²) in [6.45, 7) is 0.620. The van der Waals surface area contributed by atoms with Crippen LogP contribution in [0.5, 0.6) is 5.75 Å². The third-order valence-electron chi connectivity index (χ3n) is 4.38. The van der Waals surface area contributed by atoms with E-state index in [1.807, 2.05) is 19.2 Å². The Balaban J connectivity index is 1.37. The molecular weight excluding hydrogens is 377 g/mol. The lowest BCUT2D eigenvalue weighted by Gasteiger charge is -2.06. The summed E-state index contributed by atoms with van der Waals surface area (Å²) in [6, 6.07) is 16.0. The van der Waals surface area contributed by atoms with Crippen LogP contribution in [0, 0.1) is 5.82 Å². The fourth-order valence-electron chi connectivity index (χ4n) is 2.94. The summed E-state index contributed by atoms with van der Waals surface area (Å²) in [5, 5.41) is 6.47. The molecule has 0 saturated heterocycles. The maximum Gasteiger partial charge on any atom is 0.270 e. The Kier molecular flexibility index (Phi) is 5.08. The Hall–Kier alpha value is -3.19. The number of para-hydroxylation sites is 1. The predicted octanol–water partition coefficient (Wildman–Crippen LogP) is 4.25. The van der Waals surface area contributed by atoms with E-state index >= 15 is 0 Å². The largest absolute Gasteiger partial charge is 0.492 e. The van der Waals surface area contributed by atoms with Gasteiger partial charge in [0.1, 0.15) is 28.9 Å². The Labute approximate surface area is 165 Å². The Morgan fingerprint density at radius 3 is 2.79 bits per heavy atom. The summed E-state index contributed by atoms with van der Waals surface area (Å²) in [5.41, 5.74) is 2.48. The van der Waals surface area contributed by atoms with E-state index in [2.05, 4.69) is 33.1 Å². The second-order valence-corrected chi connectivity index (χ2v) is 7.10. The third kappa shape index (κ3) is 3.75. The van der Waals surface area contributed by atoms with Crippen molar-refractivity contribution in [3.8, 4) is 16.5 Å². The van der Waals surface area contributed by atoms with Gasteiger partial charge >= 0.3 is 0 Å². The minimum atomic E-state index is -0.314. The molecule has 2 aromatic heterocycles. The average molecular weight is 395 g/mol. The molecule has 1 N–H and O–H groups in total. The van der Waals surface area contributed by atoms with Crippen molar-refractivity contribution < 1.29 is 13.9 Å². The van der Waals surface area contributed by atoms with Crippen molar-refractivity contribution in [2.45, 2.75) is 0 Å². The quantitative estimate of drug-likeness (QED) is 0.497. The number of aryl methyl sites for hydroxylation is 1.